The molecular weight excluding hydrogens is 821 g/mol. The maximum absolute atomic E-state index is 2.38. The van der Waals surface area contributed by atoms with Gasteiger partial charge in [0.1, 0.15) is 0 Å². The molecule has 0 atom stereocenters. The average molecular weight is 896 g/mol. The van der Waals surface area contributed by atoms with Gasteiger partial charge in [-0.1, -0.05) is 226 Å². The van der Waals surface area contributed by atoms with E-state index >= 15 is 0 Å². The largest absolute Gasteiger partial charge is 3.00 e. The van der Waals surface area contributed by atoms with E-state index in [2.05, 4.69) is 244 Å². The Morgan fingerprint density at radius 1 is 0.230 bits per heavy atom. The molecule has 0 saturated heterocycles. The zero-order valence-corrected chi connectivity index (χ0v) is 43.4. The quantitative estimate of drug-likeness (QED) is 0.0596. The molecule has 4 heteroatoms. The first-order valence-corrected chi connectivity index (χ1v) is 31.1. The van der Waals surface area contributed by atoms with Gasteiger partial charge < -0.3 is 0 Å². The first kappa shape index (κ1) is 51.5. The van der Waals surface area contributed by atoms with Crippen molar-refractivity contribution in [2.45, 2.75) is 117 Å². The topological polar surface area (TPSA) is 0 Å². The molecule has 0 heterocycles. The number of hydrogen-bond acceptors (Lipinski definition) is 0. The molecule has 0 N–H and O–H groups in total. The van der Waals surface area contributed by atoms with E-state index < -0.39 is 24.2 Å². The molecule has 0 amide bonds. The van der Waals surface area contributed by atoms with Crippen LogP contribution in [0.4, 0.5) is 0 Å². The molecule has 0 aliphatic carbocycles. The molecule has 6 aromatic carbocycles. The van der Waals surface area contributed by atoms with E-state index in [0.29, 0.717) is 0 Å². The predicted octanol–water partition coefficient (Wildman–Crippen LogP) is 17.1. The van der Waals surface area contributed by atoms with Crippen molar-refractivity contribution in [1.29, 1.82) is 0 Å². The van der Waals surface area contributed by atoms with Crippen molar-refractivity contribution >= 4 is 24.2 Å². The summed E-state index contributed by atoms with van der Waals surface area (Å²) in [6.45, 7) is 21.4. The van der Waals surface area contributed by atoms with Gasteiger partial charge in [-0.25, -0.2) is 0 Å². The third kappa shape index (κ3) is 12.8. The van der Waals surface area contributed by atoms with E-state index in [1.807, 2.05) is 0 Å². The first-order valence-electron chi connectivity index (χ1n) is 23.3. The average Bonchev–Trinajstić information content (AvgIpc) is 3.34. The monoisotopic (exact) mass is 895 g/mol. The fourth-order valence-electron chi connectivity index (χ4n) is 9.81. The molecule has 0 unspecified atom stereocenters. The van der Waals surface area contributed by atoms with Crippen molar-refractivity contribution in [1.82, 2.24) is 0 Å². The Labute approximate surface area is 387 Å². The van der Waals surface area contributed by atoms with E-state index in [1.54, 1.807) is 16.6 Å². The van der Waals surface area contributed by atoms with E-state index in [0.717, 1.165) is 0 Å². The summed E-state index contributed by atoms with van der Waals surface area (Å²) in [6.07, 6.45) is 0. The van der Waals surface area contributed by atoms with Crippen LogP contribution in [0.5, 0.6) is 0 Å². The molecule has 1 radical (unpaired) electrons. The van der Waals surface area contributed by atoms with Gasteiger partial charge in [0.05, 0.1) is 0 Å². The van der Waals surface area contributed by atoms with Gasteiger partial charge in [0.15, 0.2) is 0 Å². The second-order valence-electron chi connectivity index (χ2n) is 16.3. The summed E-state index contributed by atoms with van der Waals surface area (Å²) < 4.78 is 0. The van der Waals surface area contributed by atoms with Crippen LogP contribution in [0, 0.1) is 16.6 Å². The summed E-state index contributed by atoms with van der Waals surface area (Å²) in [5.74, 6) is 0. The molecular formula is C57H75CrSi3. The van der Waals surface area contributed by atoms with Crippen molar-refractivity contribution in [3.8, 4) is 0 Å². The molecule has 321 valence electrons. The third-order valence-electron chi connectivity index (χ3n) is 14.1. The number of rotatable bonds is 18. The zero-order valence-electron chi connectivity index (χ0n) is 39.1. The summed E-state index contributed by atoms with van der Waals surface area (Å²) in [6, 6.07) is 77.9. The summed E-state index contributed by atoms with van der Waals surface area (Å²) in [5.41, 5.74) is 13.5. The van der Waals surface area contributed by atoms with Crippen LogP contribution in [-0.4, -0.2) is 24.2 Å². The Hall–Kier alpha value is -3.89. The van der Waals surface area contributed by atoms with Crippen LogP contribution in [-0.2, 0) is 17.4 Å². The molecule has 0 aromatic heterocycles. The summed E-state index contributed by atoms with van der Waals surface area (Å²) >= 11 is 0. The summed E-state index contributed by atoms with van der Waals surface area (Å²) in [7, 11) is -4.24. The fraction of sp³-hybridized carbons (Fsp3) is 0.316. The minimum absolute atomic E-state index is 0. The van der Waals surface area contributed by atoms with E-state index in [9.17, 15) is 0 Å². The van der Waals surface area contributed by atoms with Gasteiger partial charge in [0, 0.05) is 24.2 Å². The van der Waals surface area contributed by atoms with E-state index in [4.69, 9.17) is 0 Å². The molecule has 6 aromatic rings. The van der Waals surface area contributed by atoms with Gasteiger partial charge in [0.2, 0.25) is 0 Å². The Balaban J connectivity index is 0.000000242. The first-order chi connectivity index (χ1) is 29.3. The predicted molar refractivity (Wildman–Crippen MR) is 275 cm³/mol. The molecule has 0 bridgehead atoms. The van der Waals surface area contributed by atoms with Crippen molar-refractivity contribution in [3.63, 3.8) is 0 Å². The van der Waals surface area contributed by atoms with Crippen molar-refractivity contribution in [2.75, 3.05) is 0 Å². The molecule has 0 spiro atoms. The summed E-state index contributed by atoms with van der Waals surface area (Å²) in [4.78, 5) is 0. The minimum Gasteiger partial charge on any atom is -0.122 e. The van der Waals surface area contributed by atoms with Gasteiger partial charge in [-0.05, 0) is 0 Å². The van der Waals surface area contributed by atoms with Crippen molar-refractivity contribution in [3.05, 3.63) is 232 Å². The molecule has 0 aliphatic heterocycles. The normalized spacial score (nSPS) is 11.2. The van der Waals surface area contributed by atoms with Crippen LogP contribution in [0.15, 0.2) is 182 Å². The number of benzene rings is 6. The Morgan fingerprint density at radius 2 is 0.344 bits per heavy atom. The van der Waals surface area contributed by atoms with Crippen LogP contribution < -0.4 is 0 Å². The zero-order chi connectivity index (χ0) is 43.3. The van der Waals surface area contributed by atoms with Crippen molar-refractivity contribution < 1.29 is 17.4 Å². The van der Waals surface area contributed by atoms with Gasteiger partial charge in [-0.3, -0.25) is 0 Å². The Morgan fingerprint density at radius 3 is 0.443 bits per heavy atom. The smallest absolute Gasteiger partial charge is 0.122 e. The maximum Gasteiger partial charge on any atom is 3.00 e. The van der Waals surface area contributed by atoms with Gasteiger partial charge in [-0.15, -0.1) is 123 Å². The van der Waals surface area contributed by atoms with E-state index in [-0.39, 0.29) is 17.4 Å². The van der Waals surface area contributed by atoms with Gasteiger partial charge in [0.25, 0.3) is 0 Å². The standard InChI is InChI=1S/3C19H25Si.Cr/c3*1-4-20(5-2,6-3)19(17-13-9-7-10-14-17)18-15-11-8-12-16-18;/h3*7-16H,4-6H2,1-3H3;/q3*-1;+3. The SMILES string of the molecule is CC[Si](CC)(CC)[C-](c1ccccc1)c1ccccc1.CC[Si](CC)(CC)[C-](c1ccccc1)c1ccccc1.CC[Si](CC)(CC)[C-](c1ccccc1)c1ccccc1.[Cr+3]. The Kier molecular flexibility index (Phi) is 22.4. The number of hydrogen-bond donors (Lipinski definition) is 0. The van der Waals surface area contributed by atoms with Crippen LogP contribution in [0.1, 0.15) is 95.7 Å². The second kappa shape index (κ2) is 26.6. The molecule has 6 rings (SSSR count). The molecule has 61 heavy (non-hydrogen) atoms. The van der Waals surface area contributed by atoms with Crippen LogP contribution in [0.3, 0.4) is 0 Å². The minimum atomic E-state index is -1.41. The fourth-order valence-corrected chi connectivity index (χ4v) is 22.2. The molecule has 0 saturated carbocycles. The maximum atomic E-state index is 2.38. The molecule has 0 aliphatic rings. The van der Waals surface area contributed by atoms with Crippen molar-refractivity contribution in [2.24, 2.45) is 0 Å². The Bertz CT molecular complexity index is 1600. The molecule has 0 fully saturated rings. The van der Waals surface area contributed by atoms with Crippen LogP contribution in [0.25, 0.3) is 0 Å². The van der Waals surface area contributed by atoms with Crippen LogP contribution in [0.2, 0.25) is 54.4 Å². The molecule has 0 nitrogen and oxygen atoms in total. The van der Waals surface area contributed by atoms with Gasteiger partial charge >= 0.3 is 17.4 Å². The second-order valence-corrected chi connectivity index (χ2v) is 31.9. The third-order valence-corrected chi connectivity index (χ3v) is 31.2. The van der Waals surface area contributed by atoms with Gasteiger partial charge in [-0.2, -0.15) is 0 Å². The van der Waals surface area contributed by atoms with Crippen LogP contribution >= 0.6 is 0 Å². The van der Waals surface area contributed by atoms with E-state index in [1.165, 1.54) is 87.8 Å². The summed E-state index contributed by atoms with van der Waals surface area (Å²) in [5, 5.41) is 0.